The quantitative estimate of drug-likeness (QED) is 0.869. The lowest BCUT2D eigenvalue weighted by Crippen LogP contribution is -2.29. The van der Waals surface area contributed by atoms with Gasteiger partial charge < -0.3 is 10.1 Å². The molecule has 1 N–H and O–H groups in total. The smallest absolute Gasteiger partial charge is 0.127 e. The summed E-state index contributed by atoms with van der Waals surface area (Å²) >= 11 is 0. The number of aromatic nitrogens is 1. The van der Waals surface area contributed by atoms with Crippen molar-refractivity contribution in [2.75, 3.05) is 6.54 Å². The molecule has 2 rings (SSSR count). The lowest BCUT2D eigenvalue weighted by molar-refractivity contribution is 0.101. The van der Waals surface area contributed by atoms with Gasteiger partial charge in [0.25, 0.3) is 0 Å². The lowest BCUT2D eigenvalue weighted by atomic mass is 9.88. The predicted octanol–water partition coefficient (Wildman–Crippen LogP) is 3.15. The molecule has 0 bridgehead atoms. The van der Waals surface area contributed by atoms with Gasteiger partial charge in [-0.3, -0.25) is 4.98 Å². The summed E-state index contributed by atoms with van der Waals surface area (Å²) < 4.78 is 6.22. The third-order valence-corrected chi connectivity index (χ3v) is 3.74. The highest BCUT2D eigenvalue weighted by molar-refractivity contribution is 5.30. The molecule has 0 saturated heterocycles. The Hall–Kier alpha value is -1.09. The van der Waals surface area contributed by atoms with Gasteiger partial charge in [0.05, 0.1) is 0 Å². The molecule has 3 nitrogen and oxygen atoms in total. The zero-order valence-corrected chi connectivity index (χ0v) is 11.5. The zero-order valence-electron chi connectivity index (χ0n) is 11.5. The van der Waals surface area contributed by atoms with Crippen molar-refractivity contribution in [3.8, 4) is 5.75 Å². The van der Waals surface area contributed by atoms with Crippen molar-refractivity contribution in [3.63, 3.8) is 0 Å². The van der Waals surface area contributed by atoms with Crippen molar-refractivity contribution in [3.05, 3.63) is 24.0 Å². The van der Waals surface area contributed by atoms with E-state index in [1.54, 1.807) is 0 Å². The Morgan fingerprint density at radius 1 is 1.39 bits per heavy atom. The first-order valence-electron chi connectivity index (χ1n) is 7.11. The number of nitrogens with one attached hydrogen (secondary N) is 1. The number of ether oxygens (including phenoxy) is 1. The van der Waals surface area contributed by atoms with E-state index in [1.807, 2.05) is 18.5 Å². The molecule has 0 amide bonds. The molecule has 1 aromatic heterocycles. The monoisotopic (exact) mass is 248 g/mol. The normalized spacial score (nSPS) is 23.9. The highest BCUT2D eigenvalue weighted by atomic mass is 16.5. The number of hydrogen-bond donors (Lipinski definition) is 1. The molecular formula is C15H24N2O. The largest absolute Gasteiger partial charge is 0.490 e. The first kappa shape index (κ1) is 13.3. The van der Waals surface area contributed by atoms with E-state index in [2.05, 4.69) is 24.1 Å². The maximum Gasteiger partial charge on any atom is 0.127 e. The molecule has 0 spiro atoms. The van der Waals surface area contributed by atoms with Crippen LogP contribution >= 0.6 is 0 Å². The van der Waals surface area contributed by atoms with Crippen molar-refractivity contribution in [1.29, 1.82) is 0 Å². The number of nitrogens with zero attached hydrogens (tertiary/aromatic N) is 1. The topological polar surface area (TPSA) is 34.2 Å². The Morgan fingerprint density at radius 3 is 3.00 bits per heavy atom. The van der Waals surface area contributed by atoms with E-state index in [4.69, 9.17) is 4.74 Å². The fourth-order valence-corrected chi connectivity index (χ4v) is 2.54. The van der Waals surface area contributed by atoms with Crippen LogP contribution in [-0.4, -0.2) is 17.6 Å². The molecule has 0 aliphatic heterocycles. The van der Waals surface area contributed by atoms with E-state index >= 15 is 0 Å². The summed E-state index contributed by atoms with van der Waals surface area (Å²) in [4.78, 5) is 4.19. The summed E-state index contributed by atoms with van der Waals surface area (Å²) in [6.45, 7) is 6.21. The van der Waals surface area contributed by atoms with Gasteiger partial charge in [0.2, 0.25) is 0 Å². The van der Waals surface area contributed by atoms with Crippen LogP contribution in [0.4, 0.5) is 0 Å². The minimum Gasteiger partial charge on any atom is -0.490 e. The minimum absolute atomic E-state index is 0.376. The molecule has 1 heterocycles. The standard InChI is InChI=1S/C15H24N2O/c1-3-16-10-13-11-17-9-8-15(13)18-14-7-5-4-6-12(14)2/h8-9,11-12,14,16H,3-7,10H2,1-2H3. The van der Waals surface area contributed by atoms with E-state index in [0.717, 1.165) is 24.4 Å². The number of pyridine rings is 1. The second kappa shape index (κ2) is 6.74. The van der Waals surface area contributed by atoms with E-state index in [0.29, 0.717) is 12.0 Å². The predicted molar refractivity (Wildman–Crippen MR) is 73.7 cm³/mol. The summed E-state index contributed by atoms with van der Waals surface area (Å²) in [7, 11) is 0. The minimum atomic E-state index is 0.376. The van der Waals surface area contributed by atoms with Gasteiger partial charge in [-0.1, -0.05) is 20.3 Å². The molecule has 2 atom stereocenters. The Kier molecular flexibility index (Phi) is 5.00. The van der Waals surface area contributed by atoms with Crippen molar-refractivity contribution in [1.82, 2.24) is 10.3 Å². The van der Waals surface area contributed by atoms with Gasteiger partial charge in [-0.15, -0.1) is 0 Å². The van der Waals surface area contributed by atoms with Crippen LogP contribution in [0.3, 0.4) is 0 Å². The fraction of sp³-hybridized carbons (Fsp3) is 0.667. The second-order valence-corrected chi connectivity index (χ2v) is 5.18. The van der Waals surface area contributed by atoms with Gasteiger partial charge in [-0.05, 0) is 37.8 Å². The van der Waals surface area contributed by atoms with Gasteiger partial charge in [0.15, 0.2) is 0 Å². The Bertz CT molecular complexity index is 367. The highest BCUT2D eigenvalue weighted by Crippen LogP contribution is 2.29. The van der Waals surface area contributed by atoms with Crippen molar-refractivity contribution in [2.45, 2.75) is 52.2 Å². The van der Waals surface area contributed by atoms with Crippen LogP contribution in [0.1, 0.15) is 45.1 Å². The molecular weight excluding hydrogens is 224 g/mol. The van der Waals surface area contributed by atoms with Crippen LogP contribution in [-0.2, 0) is 6.54 Å². The molecule has 0 aromatic carbocycles. The Balaban J connectivity index is 2.03. The third kappa shape index (κ3) is 3.45. The number of rotatable bonds is 5. The molecule has 1 aliphatic rings. The van der Waals surface area contributed by atoms with Crippen LogP contribution < -0.4 is 10.1 Å². The molecule has 3 heteroatoms. The Labute approximate surface area is 110 Å². The SMILES string of the molecule is CCNCc1cnccc1OC1CCCCC1C. The first-order valence-corrected chi connectivity index (χ1v) is 7.11. The van der Waals surface area contributed by atoms with Gasteiger partial charge in [-0.2, -0.15) is 0 Å². The average Bonchev–Trinajstić information content (AvgIpc) is 2.40. The molecule has 100 valence electrons. The van der Waals surface area contributed by atoms with E-state index in [1.165, 1.54) is 25.7 Å². The van der Waals surface area contributed by atoms with Crippen LogP contribution in [0.2, 0.25) is 0 Å². The van der Waals surface area contributed by atoms with Gasteiger partial charge >= 0.3 is 0 Å². The van der Waals surface area contributed by atoms with E-state index in [-0.39, 0.29) is 0 Å². The molecule has 0 radical (unpaired) electrons. The van der Waals surface area contributed by atoms with Crippen LogP contribution in [0.5, 0.6) is 5.75 Å². The highest BCUT2D eigenvalue weighted by Gasteiger charge is 2.23. The van der Waals surface area contributed by atoms with Gasteiger partial charge in [0.1, 0.15) is 11.9 Å². The van der Waals surface area contributed by atoms with Crippen LogP contribution in [0, 0.1) is 5.92 Å². The molecule has 1 saturated carbocycles. The van der Waals surface area contributed by atoms with E-state index < -0.39 is 0 Å². The fourth-order valence-electron chi connectivity index (χ4n) is 2.54. The summed E-state index contributed by atoms with van der Waals surface area (Å²) in [5, 5.41) is 3.33. The van der Waals surface area contributed by atoms with Crippen molar-refractivity contribution >= 4 is 0 Å². The molecule has 1 aliphatic carbocycles. The first-order chi connectivity index (χ1) is 8.81. The van der Waals surface area contributed by atoms with Crippen molar-refractivity contribution < 1.29 is 4.74 Å². The molecule has 1 fully saturated rings. The number of hydrogen-bond acceptors (Lipinski definition) is 3. The second-order valence-electron chi connectivity index (χ2n) is 5.18. The maximum atomic E-state index is 6.22. The maximum absolute atomic E-state index is 6.22. The summed E-state index contributed by atoms with van der Waals surface area (Å²) in [6, 6.07) is 1.99. The van der Waals surface area contributed by atoms with Crippen LogP contribution in [0.15, 0.2) is 18.5 Å². The molecule has 1 aromatic rings. The van der Waals surface area contributed by atoms with Crippen LogP contribution in [0.25, 0.3) is 0 Å². The summed E-state index contributed by atoms with van der Waals surface area (Å²) in [6.07, 6.45) is 9.22. The molecule has 2 unspecified atom stereocenters. The zero-order chi connectivity index (χ0) is 12.8. The van der Waals surface area contributed by atoms with E-state index in [9.17, 15) is 0 Å². The molecule has 18 heavy (non-hydrogen) atoms. The lowest BCUT2D eigenvalue weighted by Gasteiger charge is -2.30. The summed E-state index contributed by atoms with van der Waals surface area (Å²) in [5.74, 6) is 1.67. The van der Waals surface area contributed by atoms with Crippen molar-refractivity contribution in [2.24, 2.45) is 5.92 Å². The third-order valence-electron chi connectivity index (χ3n) is 3.74. The Morgan fingerprint density at radius 2 is 2.22 bits per heavy atom. The van der Waals surface area contributed by atoms with Gasteiger partial charge in [-0.25, -0.2) is 0 Å². The summed E-state index contributed by atoms with van der Waals surface area (Å²) in [5.41, 5.74) is 1.16. The van der Waals surface area contributed by atoms with Gasteiger partial charge in [0, 0.05) is 24.5 Å². The average molecular weight is 248 g/mol.